The monoisotopic (exact) mass is 196 g/mol. The molecule has 0 radical (unpaired) electrons. The lowest BCUT2D eigenvalue weighted by atomic mass is 10.0. The van der Waals surface area contributed by atoms with Gasteiger partial charge in [0.25, 0.3) is 0 Å². The van der Waals surface area contributed by atoms with Crippen LogP contribution in [0.15, 0.2) is 6.33 Å². The van der Waals surface area contributed by atoms with Crippen LogP contribution in [0.4, 0.5) is 0 Å². The smallest absolute Gasteiger partial charge is 0.132 e. The summed E-state index contributed by atoms with van der Waals surface area (Å²) in [6, 6.07) is 0. The number of nitrogens with zero attached hydrogens (tertiary/aromatic N) is 3. The molecule has 0 saturated carbocycles. The number of rotatable bonds is 6. The molecule has 0 bridgehead atoms. The zero-order valence-electron chi connectivity index (χ0n) is 9.11. The number of aryl methyl sites for hydroxylation is 2. The maximum atomic E-state index is 5.50. The highest BCUT2D eigenvalue weighted by atomic mass is 15.3. The van der Waals surface area contributed by atoms with E-state index in [2.05, 4.69) is 28.6 Å². The molecular weight excluding hydrogens is 176 g/mol. The highest BCUT2D eigenvalue weighted by Crippen LogP contribution is 2.10. The molecule has 1 rings (SSSR count). The van der Waals surface area contributed by atoms with Crippen LogP contribution in [-0.4, -0.2) is 21.3 Å². The Labute approximate surface area is 85.5 Å². The topological polar surface area (TPSA) is 56.7 Å². The molecule has 80 valence electrons. The molecule has 1 atom stereocenters. The first-order valence-electron chi connectivity index (χ1n) is 5.34. The Bertz CT molecular complexity index is 256. The van der Waals surface area contributed by atoms with Gasteiger partial charge in [-0.3, -0.25) is 0 Å². The van der Waals surface area contributed by atoms with E-state index in [1.807, 2.05) is 0 Å². The highest BCUT2D eigenvalue weighted by molar-refractivity contribution is 4.85. The minimum Gasteiger partial charge on any atom is -0.330 e. The van der Waals surface area contributed by atoms with Crippen LogP contribution in [0.25, 0.3) is 0 Å². The van der Waals surface area contributed by atoms with Gasteiger partial charge in [0, 0.05) is 13.0 Å². The molecule has 0 aromatic carbocycles. The second kappa shape index (κ2) is 5.75. The first-order chi connectivity index (χ1) is 6.77. The van der Waals surface area contributed by atoms with E-state index in [0.29, 0.717) is 5.92 Å². The number of nitrogens with two attached hydrogens (primary N) is 1. The Balaban J connectivity index is 2.37. The summed E-state index contributed by atoms with van der Waals surface area (Å²) >= 11 is 0. The Morgan fingerprint density at radius 1 is 1.50 bits per heavy atom. The Morgan fingerprint density at radius 3 is 2.93 bits per heavy atom. The van der Waals surface area contributed by atoms with Crippen LogP contribution in [0, 0.1) is 5.92 Å². The molecule has 0 amide bonds. The maximum absolute atomic E-state index is 5.50. The highest BCUT2D eigenvalue weighted by Gasteiger charge is 2.06. The minimum absolute atomic E-state index is 0.682. The van der Waals surface area contributed by atoms with Crippen molar-refractivity contribution in [3.05, 3.63) is 12.2 Å². The van der Waals surface area contributed by atoms with Crippen molar-refractivity contribution >= 4 is 0 Å². The van der Waals surface area contributed by atoms with Crippen molar-refractivity contribution in [1.82, 2.24) is 14.8 Å². The Morgan fingerprint density at radius 2 is 2.29 bits per heavy atom. The zero-order chi connectivity index (χ0) is 10.4. The molecule has 1 aromatic rings. The molecule has 1 aromatic heterocycles. The fraction of sp³-hybridized carbons (Fsp3) is 0.800. The fourth-order valence-electron chi connectivity index (χ4n) is 1.54. The second-order valence-corrected chi connectivity index (χ2v) is 3.75. The quantitative estimate of drug-likeness (QED) is 0.744. The molecule has 0 aliphatic rings. The third-order valence-electron chi connectivity index (χ3n) is 2.56. The van der Waals surface area contributed by atoms with Gasteiger partial charge in [-0.1, -0.05) is 6.92 Å². The van der Waals surface area contributed by atoms with E-state index in [0.717, 1.165) is 38.2 Å². The molecule has 2 N–H and O–H groups in total. The van der Waals surface area contributed by atoms with E-state index in [9.17, 15) is 0 Å². The summed E-state index contributed by atoms with van der Waals surface area (Å²) in [5.74, 6) is 1.78. The molecule has 0 saturated heterocycles. The van der Waals surface area contributed by atoms with Gasteiger partial charge in [0.2, 0.25) is 0 Å². The largest absolute Gasteiger partial charge is 0.330 e. The summed E-state index contributed by atoms with van der Waals surface area (Å²) in [5, 5.41) is 8.01. The van der Waals surface area contributed by atoms with Gasteiger partial charge in [0.05, 0.1) is 0 Å². The van der Waals surface area contributed by atoms with Crippen LogP contribution in [0.2, 0.25) is 0 Å². The van der Waals surface area contributed by atoms with Crippen LogP contribution < -0.4 is 5.73 Å². The normalized spacial score (nSPS) is 13.1. The summed E-state index contributed by atoms with van der Waals surface area (Å²) in [5.41, 5.74) is 5.50. The number of hydrogen-bond acceptors (Lipinski definition) is 3. The van der Waals surface area contributed by atoms with Crippen molar-refractivity contribution in [3.63, 3.8) is 0 Å². The summed E-state index contributed by atoms with van der Waals surface area (Å²) in [7, 11) is 0. The van der Waals surface area contributed by atoms with Crippen molar-refractivity contribution in [2.45, 2.75) is 39.7 Å². The Kier molecular flexibility index (Phi) is 4.59. The van der Waals surface area contributed by atoms with Gasteiger partial charge in [0.1, 0.15) is 12.2 Å². The molecule has 0 spiro atoms. The van der Waals surface area contributed by atoms with Gasteiger partial charge >= 0.3 is 0 Å². The van der Waals surface area contributed by atoms with Gasteiger partial charge in [-0.15, -0.1) is 10.2 Å². The van der Waals surface area contributed by atoms with E-state index < -0.39 is 0 Å². The van der Waals surface area contributed by atoms with E-state index in [1.165, 1.54) is 0 Å². The molecule has 0 aliphatic heterocycles. The van der Waals surface area contributed by atoms with Crippen molar-refractivity contribution in [2.24, 2.45) is 11.7 Å². The lowest BCUT2D eigenvalue weighted by molar-refractivity contribution is 0.486. The molecule has 4 nitrogen and oxygen atoms in total. The standard InChI is InChI=1S/C10H20N4/c1-3-14-8-12-13-10(14)5-4-9(2)6-7-11/h8-9H,3-7,11H2,1-2H3. The zero-order valence-corrected chi connectivity index (χ0v) is 9.11. The lowest BCUT2D eigenvalue weighted by Crippen LogP contribution is -2.08. The lowest BCUT2D eigenvalue weighted by Gasteiger charge is -2.09. The number of hydrogen-bond donors (Lipinski definition) is 1. The summed E-state index contributed by atoms with van der Waals surface area (Å²) < 4.78 is 2.09. The van der Waals surface area contributed by atoms with Crippen LogP contribution in [0.1, 0.15) is 32.5 Å². The first kappa shape index (κ1) is 11.2. The van der Waals surface area contributed by atoms with Gasteiger partial charge in [-0.05, 0) is 32.2 Å². The first-order valence-corrected chi connectivity index (χ1v) is 5.34. The predicted molar refractivity (Wildman–Crippen MR) is 56.9 cm³/mol. The van der Waals surface area contributed by atoms with Gasteiger partial charge < -0.3 is 10.3 Å². The Hall–Kier alpha value is -0.900. The van der Waals surface area contributed by atoms with E-state index >= 15 is 0 Å². The van der Waals surface area contributed by atoms with Crippen LogP contribution in [0.3, 0.4) is 0 Å². The number of aromatic nitrogens is 3. The van der Waals surface area contributed by atoms with E-state index in [1.54, 1.807) is 6.33 Å². The summed E-state index contributed by atoms with van der Waals surface area (Å²) in [4.78, 5) is 0. The molecule has 4 heteroatoms. The molecule has 0 fully saturated rings. The average molecular weight is 196 g/mol. The third kappa shape index (κ3) is 3.10. The molecule has 1 unspecified atom stereocenters. The third-order valence-corrected chi connectivity index (χ3v) is 2.56. The second-order valence-electron chi connectivity index (χ2n) is 3.75. The fourth-order valence-corrected chi connectivity index (χ4v) is 1.54. The van der Waals surface area contributed by atoms with Crippen LogP contribution in [0.5, 0.6) is 0 Å². The molecule has 1 heterocycles. The maximum Gasteiger partial charge on any atom is 0.132 e. The SMILES string of the molecule is CCn1cnnc1CCC(C)CCN. The van der Waals surface area contributed by atoms with E-state index in [-0.39, 0.29) is 0 Å². The van der Waals surface area contributed by atoms with Crippen molar-refractivity contribution in [1.29, 1.82) is 0 Å². The van der Waals surface area contributed by atoms with Crippen LogP contribution >= 0.6 is 0 Å². The van der Waals surface area contributed by atoms with Crippen molar-refractivity contribution in [3.8, 4) is 0 Å². The van der Waals surface area contributed by atoms with Gasteiger partial charge in [-0.2, -0.15) is 0 Å². The van der Waals surface area contributed by atoms with Crippen molar-refractivity contribution in [2.75, 3.05) is 6.54 Å². The molecule has 14 heavy (non-hydrogen) atoms. The van der Waals surface area contributed by atoms with Gasteiger partial charge in [-0.25, -0.2) is 0 Å². The summed E-state index contributed by atoms with van der Waals surface area (Å²) in [6.45, 7) is 6.07. The van der Waals surface area contributed by atoms with Gasteiger partial charge in [0.15, 0.2) is 0 Å². The average Bonchev–Trinajstić information content (AvgIpc) is 2.62. The molecular formula is C10H20N4. The predicted octanol–water partition coefficient (Wildman–Crippen LogP) is 1.22. The van der Waals surface area contributed by atoms with E-state index in [4.69, 9.17) is 5.73 Å². The minimum atomic E-state index is 0.682. The van der Waals surface area contributed by atoms with Crippen molar-refractivity contribution < 1.29 is 0 Å². The van der Waals surface area contributed by atoms with Crippen LogP contribution in [-0.2, 0) is 13.0 Å². The summed E-state index contributed by atoms with van der Waals surface area (Å²) in [6.07, 6.45) is 5.05. The molecule has 0 aliphatic carbocycles.